The Bertz CT molecular complexity index is 470. The van der Waals surface area contributed by atoms with Crippen molar-refractivity contribution in [3.8, 4) is 0 Å². The fraction of sp³-hybridized carbons (Fsp3) is 0.250. The van der Waals surface area contributed by atoms with Crippen molar-refractivity contribution < 1.29 is 0 Å². The molecule has 0 saturated carbocycles. The Morgan fingerprint density at radius 2 is 2.19 bits per heavy atom. The van der Waals surface area contributed by atoms with Crippen LogP contribution in [0.5, 0.6) is 0 Å². The summed E-state index contributed by atoms with van der Waals surface area (Å²) in [6.45, 7) is 0.455. The van der Waals surface area contributed by atoms with Gasteiger partial charge in [-0.05, 0) is 0 Å². The van der Waals surface area contributed by atoms with Gasteiger partial charge in [0.2, 0.25) is 5.95 Å². The van der Waals surface area contributed by atoms with Gasteiger partial charge in [-0.3, -0.25) is 4.68 Å². The largest absolute Gasteiger partial charge is 0.383 e. The molecule has 0 bridgehead atoms. The van der Waals surface area contributed by atoms with Crippen LogP contribution in [0.3, 0.4) is 0 Å². The minimum Gasteiger partial charge on any atom is -0.383 e. The molecule has 0 amide bonds. The predicted molar refractivity (Wildman–Crippen MR) is 59.2 cm³/mol. The Hall–Kier alpha value is -2.38. The van der Waals surface area contributed by atoms with Gasteiger partial charge in [0, 0.05) is 13.1 Å². The van der Waals surface area contributed by atoms with E-state index in [4.69, 9.17) is 11.5 Å². The first-order valence-corrected chi connectivity index (χ1v) is 4.62. The summed E-state index contributed by atoms with van der Waals surface area (Å²) in [6.07, 6.45) is 1.62. The summed E-state index contributed by atoms with van der Waals surface area (Å²) in [4.78, 5) is 11.8. The van der Waals surface area contributed by atoms with E-state index in [0.717, 1.165) is 0 Å². The molecule has 2 heterocycles. The predicted octanol–water partition coefficient (Wildman–Crippen LogP) is -0.618. The van der Waals surface area contributed by atoms with Crippen molar-refractivity contribution >= 4 is 17.6 Å². The van der Waals surface area contributed by atoms with Crippen LogP contribution in [-0.4, -0.2) is 24.7 Å². The highest BCUT2D eigenvalue weighted by Gasteiger charge is 2.02. The van der Waals surface area contributed by atoms with Gasteiger partial charge in [0.1, 0.15) is 18.0 Å². The number of nitrogen functional groups attached to an aromatic ring is 2. The van der Waals surface area contributed by atoms with Gasteiger partial charge >= 0.3 is 0 Å². The third kappa shape index (κ3) is 2.35. The number of nitrogens with zero attached hydrogens (tertiary/aromatic N) is 5. The molecular weight excluding hydrogens is 208 g/mol. The summed E-state index contributed by atoms with van der Waals surface area (Å²) in [5, 5.41) is 7.11. The van der Waals surface area contributed by atoms with Crippen molar-refractivity contribution in [2.45, 2.75) is 6.54 Å². The summed E-state index contributed by atoms with van der Waals surface area (Å²) in [5.41, 5.74) is 11.0. The van der Waals surface area contributed by atoms with Crippen molar-refractivity contribution in [3.63, 3.8) is 0 Å². The van der Waals surface area contributed by atoms with Gasteiger partial charge in [0.05, 0.1) is 6.54 Å². The first-order chi connectivity index (χ1) is 7.63. The fourth-order valence-corrected chi connectivity index (χ4v) is 1.21. The molecule has 8 heteroatoms. The highest BCUT2D eigenvalue weighted by atomic mass is 15.3. The van der Waals surface area contributed by atoms with Crippen LogP contribution in [0.15, 0.2) is 12.4 Å². The topological polar surface area (TPSA) is 121 Å². The molecular formula is C8H12N8. The minimum atomic E-state index is 0.136. The second-order valence-electron chi connectivity index (χ2n) is 3.22. The second-order valence-corrected chi connectivity index (χ2v) is 3.22. The summed E-state index contributed by atoms with van der Waals surface area (Å²) < 4.78 is 1.62. The molecule has 0 aliphatic heterocycles. The normalized spacial score (nSPS) is 10.3. The summed E-state index contributed by atoms with van der Waals surface area (Å²) in [5.74, 6) is 1.68. The van der Waals surface area contributed by atoms with Crippen molar-refractivity contribution in [1.82, 2.24) is 24.7 Å². The number of aryl methyl sites for hydroxylation is 1. The lowest BCUT2D eigenvalue weighted by atomic mass is 10.5. The molecule has 5 N–H and O–H groups in total. The molecule has 84 valence electrons. The van der Waals surface area contributed by atoms with E-state index in [0.29, 0.717) is 24.0 Å². The lowest BCUT2D eigenvalue weighted by molar-refractivity contribution is 0.747. The second kappa shape index (κ2) is 4.01. The number of aromatic nitrogens is 5. The van der Waals surface area contributed by atoms with Gasteiger partial charge in [-0.15, -0.1) is 0 Å². The minimum absolute atomic E-state index is 0.136. The molecule has 0 unspecified atom stereocenters. The average Bonchev–Trinajstić information content (AvgIpc) is 2.60. The number of hydrogen-bond donors (Lipinski definition) is 3. The lowest BCUT2D eigenvalue weighted by Gasteiger charge is -2.04. The average molecular weight is 220 g/mol. The van der Waals surface area contributed by atoms with Gasteiger partial charge in [0.15, 0.2) is 5.82 Å². The molecule has 0 aliphatic carbocycles. The quantitative estimate of drug-likeness (QED) is 0.630. The van der Waals surface area contributed by atoms with E-state index in [-0.39, 0.29) is 5.95 Å². The van der Waals surface area contributed by atoms with Gasteiger partial charge in [-0.1, -0.05) is 0 Å². The first kappa shape index (κ1) is 10.1. The first-order valence-electron chi connectivity index (χ1n) is 4.62. The summed E-state index contributed by atoms with van der Waals surface area (Å²) >= 11 is 0. The van der Waals surface area contributed by atoms with Gasteiger partial charge in [-0.25, -0.2) is 4.98 Å². The number of rotatable bonds is 3. The lowest BCUT2D eigenvalue weighted by Crippen LogP contribution is -2.07. The number of hydrogen-bond acceptors (Lipinski definition) is 7. The molecule has 0 saturated heterocycles. The van der Waals surface area contributed by atoms with Crippen molar-refractivity contribution in [2.24, 2.45) is 7.05 Å². The van der Waals surface area contributed by atoms with Crippen LogP contribution in [0.25, 0.3) is 0 Å². The number of nitrogens with one attached hydrogen (secondary N) is 1. The van der Waals surface area contributed by atoms with Gasteiger partial charge in [0.25, 0.3) is 0 Å². The van der Waals surface area contributed by atoms with Gasteiger partial charge < -0.3 is 16.8 Å². The van der Waals surface area contributed by atoms with Crippen molar-refractivity contribution in [3.05, 3.63) is 18.2 Å². The molecule has 16 heavy (non-hydrogen) atoms. The molecule has 0 aromatic carbocycles. The molecule has 2 rings (SSSR count). The molecule has 8 nitrogen and oxygen atoms in total. The molecule has 0 radical (unpaired) electrons. The third-order valence-electron chi connectivity index (χ3n) is 1.84. The fourth-order valence-electron chi connectivity index (χ4n) is 1.21. The Morgan fingerprint density at radius 3 is 2.81 bits per heavy atom. The summed E-state index contributed by atoms with van der Waals surface area (Å²) in [6, 6.07) is 1.60. The SMILES string of the molecule is Cn1cnc(CNc2cc(N)nc(N)n2)n1. The van der Waals surface area contributed by atoms with Crippen LogP contribution in [0.1, 0.15) is 5.82 Å². The van der Waals surface area contributed by atoms with E-state index < -0.39 is 0 Å². The molecule has 2 aromatic heterocycles. The zero-order valence-electron chi connectivity index (χ0n) is 8.75. The van der Waals surface area contributed by atoms with Crippen LogP contribution < -0.4 is 16.8 Å². The zero-order chi connectivity index (χ0) is 11.5. The third-order valence-corrected chi connectivity index (χ3v) is 1.84. The van der Waals surface area contributed by atoms with E-state index >= 15 is 0 Å². The Morgan fingerprint density at radius 1 is 1.38 bits per heavy atom. The molecule has 0 fully saturated rings. The van der Waals surface area contributed by atoms with Crippen molar-refractivity contribution in [1.29, 1.82) is 0 Å². The Kier molecular flexibility index (Phi) is 2.54. The van der Waals surface area contributed by atoms with E-state index in [2.05, 4.69) is 25.4 Å². The van der Waals surface area contributed by atoms with Crippen LogP contribution >= 0.6 is 0 Å². The standard InChI is InChI=1S/C8H12N8/c1-16-4-12-7(15-16)3-11-6-2-5(9)13-8(10)14-6/h2,4H,3H2,1H3,(H5,9,10,11,13,14). The van der Waals surface area contributed by atoms with Crippen LogP contribution in [0, 0.1) is 0 Å². The highest BCUT2D eigenvalue weighted by molar-refractivity contribution is 5.48. The van der Waals surface area contributed by atoms with Crippen LogP contribution in [0.4, 0.5) is 17.6 Å². The maximum atomic E-state index is 5.53. The van der Waals surface area contributed by atoms with E-state index in [1.165, 1.54) is 0 Å². The number of nitrogens with two attached hydrogens (primary N) is 2. The smallest absolute Gasteiger partial charge is 0.223 e. The maximum Gasteiger partial charge on any atom is 0.223 e. The molecule has 2 aromatic rings. The monoisotopic (exact) mass is 220 g/mol. The Balaban J connectivity index is 2.04. The number of anilines is 3. The molecule has 0 aliphatic rings. The zero-order valence-corrected chi connectivity index (χ0v) is 8.75. The van der Waals surface area contributed by atoms with Crippen LogP contribution in [-0.2, 0) is 13.6 Å². The molecule has 0 spiro atoms. The van der Waals surface area contributed by atoms with Crippen molar-refractivity contribution in [2.75, 3.05) is 16.8 Å². The Labute approximate surface area is 91.7 Å². The van der Waals surface area contributed by atoms with E-state index in [1.807, 2.05) is 0 Å². The molecule has 0 atom stereocenters. The van der Waals surface area contributed by atoms with Crippen LogP contribution in [0.2, 0.25) is 0 Å². The summed E-state index contributed by atoms with van der Waals surface area (Å²) in [7, 11) is 1.80. The highest BCUT2D eigenvalue weighted by Crippen LogP contribution is 2.09. The van der Waals surface area contributed by atoms with Gasteiger partial charge in [-0.2, -0.15) is 15.1 Å². The van der Waals surface area contributed by atoms with E-state index in [1.54, 1.807) is 24.1 Å². The van der Waals surface area contributed by atoms with E-state index in [9.17, 15) is 0 Å². The maximum absolute atomic E-state index is 5.53.